The Hall–Kier alpha value is -3.67. The summed E-state index contributed by atoms with van der Waals surface area (Å²) in [4.78, 5) is 38.0. The number of hydrogen-bond acceptors (Lipinski definition) is 6. The van der Waals surface area contributed by atoms with E-state index in [1.54, 1.807) is 0 Å². The summed E-state index contributed by atoms with van der Waals surface area (Å²) in [5, 5.41) is 0. The van der Waals surface area contributed by atoms with Crippen LogP contribution in [0, 0.1) is 0 Å². The van der Waals surface area contributed by atoms with E-state index in [4.69, 9.17) is 14.2 Å². The molecule has 6 heteroatoms. The Morgan fingerprint density at radius 1 is 0.328 bits per heavy atom. The van der Waals surface area contributed by atoms with E-state index in [0.717, 1.165) is 96.3 Å². The molecule has 0 saturated heterocycles. The summed E-state index contributed by atoms with van der Waals surface area (Å²) in [5.74, 6) is -0.998. The fraction of sp³-hybridized carbons (Fsp3) is 0.672. The highest BCUT2D eigenvalue weighted by atomic mass is 16.6. The van der Waals surface area contributed by atoms with Crippen molar-refractivity contribution in [2.75, 3.05) is 13.2 Å². The van der Waals surface area contributed by atoms with Crippen molar-refractivity contribution in [2.45, 2.75) is 239 Å². The van der Waals surface area contributed by atoms with E-state index in [1.165, 1.54) is 89.9 Å². The first kappa shape index (κ1) is 60.3. The minimum atomic E-state index is -0.815. The highest BCUT2D eigenvalue weighted by Crippen LogP contribution is 2.14. The monoisotopic (exact) mass is 889 g/mol. The van der Waals surface area contributed by atoms with Crippen LogP contribution in [0.3, 0.4) is 0 Å². The number of unbranched alkanes of at least 4 members (excludes halogenated alkanes) is 19. The lowest BCUT2D eigenvalue weighted by Crippen LogP contribution is -2.30. The van der Waals surface area contributed by atoms with Gasteiger partial charge in [0.15, 0.2) is 6.10 Å². The maximum Gasteiger partial charge on any atom is 0.306 e. The van der Waals surface area contributed by atoms with Crippen LogP contribution in [-0.2, 0) is 28.6 Å². The second-order valence-corrected chi connectivity index (χ2v) is 17.1. The minimum absolute atomic E-state index is 0.107. The van der Waals surface area contributed by atoms with E-state index >= 15 is 0 Å². The van der Waals surface area contributed by atoms with Gasteiger partial charge in [-0.25, -0.2) is 0 Å². The average molecular weight is 889 g/mol. The second-order valence-electron chi connectivity index (χ2n) is 17.1. The maximum absolute atomic E-state index is 12.8. The first-order chi connectivity index (χ1) is 31.5. The van der Waals surface area contributed by atoms with Gasteiger partial charge in [-0.3, -0.25) is 14.4 Å². The van der Waals surface area contributed by atoms with Gasteiger partial charge in [0, 0.05) is 19.3 Å². The molecule has 0 aliphatic carbocycles. The van der Waals surface area contributed by atoms with Crippen LogP contribution < -0.4 is 0 Å². The van der Waals surface area contributed by atoms with Crippen LogP contribution in [0.4, 0.5) is 0 Å². The van der Waals surface area contributed by atoms with Gasteiger partial charge in [0.1, 0.15) is 13.2 Å². The molecule has 0 radical (unpaired) electrons. The van der Waals surface area contributed by atoms with Crippen molar-refractivity contribution in [3.05, 3.63) is 97.2 Å². The van der Waals surface area contributed by atoms with E-state index in [9.17, 15) is 14.4 Å². The van der Waals surface area contributed by atoms with Gasteiger partial charge in [0.05, 0.1) is 0 Å². The molecule has 0 heterocycles. The molecule has 0 aromatic heterocycles. The predicted molar refractivity (Wildman–Crippen MR) is 274 cm³/mol. The predicted octanol–water partition coefficient (Wildman–Crippen LogP) is 17.4. The third-order valence-corrected chi connectivity index (χ3v) is 10.8. The zero-order valence-corrected chi connectivity index (χ0v) is 41.5. The first-order valence-corrected chi connectivity index (χ1v) is 26.2. The molecule has 0 rings (SSSR count). The molecule has 1 atom stereocenters. The van der Waals surface area contributed by atoms with Crippen molar-refractivity contribution >= 4 is 17.9 Å². The summed E-state index contributed by atoms with van der Waals surface area (Å²) in [6.07, 6.45) is 68.2. The normalized spacial score (nSPS) is 12.9. The molecular formula is C58H96O6. The Kier molecular flexibility index (Phi) is 49.0. The molecule has 364 valence electrons. The molecular weight excluding hydrogens is 793 g/mol. The summed E-state index contributed by atoms with van der Waals surface area (Å²) in [5.41, 5.74) is 0. The van der Waals surface area contributed by atoms with Crippen molar-refractivity contribution < 1.29 is 28.6 Å². The van der Waals surface area contributed by atoms with Crippen molar-refractivity contribution in [1.82, 2.24) is 0 Å². The van der Waals surface area contributed by atoms with Crippen LogP contribution in [0.5, 0.6) is 0 Å². The van der Waals surface area contributed by atoms with Crippen LogP contribution in [0.25, 0.3) is 0 Å². The highest BCUT2D eigenvalue weighted by Gasteiger charge is 2.19. The van der Waals surface area contributed by atoms with E-state index in [2.05, 4.69) is 118 Å². The molecule has 0 aliphatic heterocycles. The van der Waals surface area contributed by atoms with Crippen LogP contribution in [0.1, 0.15) is 233 Å². The highest BCUT2D eigenvalue weighted by molar-refractivity contribution is 5.71. The molecule has 6 nitrogen and oxygen atoms in total. The lowest BCUT2D eigenvalue weighted by molar-refractivity contribution is -0.167. The quantitative estimate of drug-likeness (QED) is 0.0262. The van der Waals surface area contributed by atoms with Crippen LogP contribution in [0.15, 0.2) is 97.2 Å². The van der Waals surface area contributed by atoms with Gasteiger partial charge in [-0.15, -0.1) is 0 Å². The molecule has 0 aromatic carbocycles. The lowest BCUT2D eigenvalue weighted by atomic mass is 10.0. The average Bonchev–Trinajstić information content (AvgIpc) is 3.29. The van der Waals surface area contributed by atoms with Gasteiger partial charge in [0.25, 0.3) is 0 Å². The molecule has 0 saturated carbocycles. The van der Waals surface area contributed by atoms with Gasteiger partial charge in [-0.2, -0.15) is 0 Å². The molecule has 0 aliphatic rings. The van der Waals surface area contributed by atoms with Crippen LogP contribution >= 0.6 is 0 Å². The van der Waals surface area contributed by atoms with Crippen molar-refractivity contribution in [3.63, 3.8) is 0 Å². The zero-order valence-electron chi connectivity index (χ0n) is 41.5. The SMILES string of the molecule is CC/C=C\C/C=C\C/C=C\C/C=C\CCCCCC(=O)OC(COC(=O)CCC/C=C\C/C=C\C/C=C\C/C=C\CCCCC)COC(=O)CCCCCCCCCCCCCCC. The summed E-state index contributed by atoms with van der Waals surface area (Å²) < 4.78 is 16.7. The van der Waals surface area contributed by atoms with Gasteiger partial charge in [-0.05, 0) is 96.3 Å². The maximum atomic E-state index is 12.8. The number of hydrogen-bond donors (Lipinski definition) is 0. The van der Waals surface area contributed by atoms with Crippen molar-refractivity contribution in [2.24, 2.45) is 0 Å². The topological polar surface area (TPSA) is 78.9 Å². The van der Waals surface area contributed by atoms with Gasteiger partial charge in [-0.1, -0.05) is 214 Å². The molecule has 0 bridgehead atoms. The lowest BCUT2D eigenvalue weighted by Gasteiger charge is -2.18. The molecule has 0 N–H and O–H groups in total. The first-order valence-electron chi connectivity index (χ1n) is 26.2. The Morgan fingerprint density at radius 3 is 1.05 bits per heavy atom. The van der Waals surface area contributed by atoms with Crippen LogP contribution in [0.2, 0.25) is 0 Å². The molecule has 64 heavy (non-hydrogen) atoms. The van der Waals surface area contributed by atoms with E-state index in [1.807, 2.05) is 0 Å². The molecule has 0 spiro atoms. The minimum Gasteiger partial charge on any atom is -0.462 e. The molecule has 1 unspecified atom stereocenters. The smallest absolute Gasteiger partial charge is 0.306 e. The second kappa shape index (κ2) is 52.0. The standard InChI is InChI=1S/C58H96O6/c1-4-7-10-13-16-19-22-25-27-29-31-33-36-39-42-45-48-51-57(60)63-54-55(53-62-56(59)50-47-44-41-38-35-32-24-21-18-15-12-9-6-3)64-58(61)52-49-46-43-40-37-34-30-28-26-23-20-17-14-11-8-5-2/h8,11,16-17,19-20,25-28,31,33-34,37,39,42,55H,4-7,9-10,12-15,18,21-24,29-30,32,35-36,38,40-41,43-54H2,1-3H3/b11-8-,19-16-,20-17-,27-25-,28-26-,33-31-,37-34-,42-39-. The van der Waals surface area contributed by atoms with Gasteiger partial charge in [0.2, 0.25) is 0 Å². The van der Waals surface area contributed by atoms with Crippen molar-refractivity contribution in [3.8, 4) is 0 Å². The Morgan fingerprint density at radius 2 is 0.625 bits per heavy atom. The number of carbonyl (C=O) groups excluding carboxylic acids is 3. The molecule has 0 fully saturated rings. The summed E-state index contributed by atoms with van der Waals surface area (Å²) in [6, 6.07) is 0. The van der Waals surface area contributed by atoms with Gasteiger partial charge >= 0.3 is 17.9 Å². The van der Waals surface area contributed by atoms with Gasteiger partial charge < -0.3 is 14.2 Å². The van der Waals surface area contributed by atoms with E-state index < -0.39 is 6.10 Å². The largest absolute Gasteiger partial charge is 0.462 e. The molecule has 0 aromatic rings. The summed E-state index contributed by atoms with van der Waals surface area (Å²) >= 11 is 0. The number of carbonyl (C=O) groups is 3. The Labute approximate surface area is 394 Å². The van der Waals surface area contributed by atoms with Crippen LogP contribution in [-0.4, -0.2) is 37.2 Å². The number of allylic oxidation sites excluding steroid dienone is 16. The fourth-order valence-corrected chi connectivity index (χ4v) is 6.90. The third-order valence-electron chi connectivity index (χ3n) is 10.8. The fourth-order valence-electron chi connectivity index (χ4n) is 6.90. The Balaban J connectivity index is 4.53. The van der Waals surface area contributed by atoms with Crippen molar-refractivity contribution in [1.29, 1.82) is 0 Å². The number of esters is 3. The third kappa shape index (κ3) is 49.3. The Bertz CT molecular complexity index is 1300. The summed E-state index contributed by atoms with van der Waals surface area (Å²) in [7, 11) is 0. The number of rotatable bonds is 46. The van der Waals surface area contributed by atoms with E-state index in [0.29, 0.717) is 12.8 Å². The number of ether oxygens (including phenoxy) is 3. The van der Waals surface area contributed by atoms with E-state index in [-0.39, 0.29) is 44.0 Å². The summed E-state index contributed by atoms with van der Waals surface area (Å²) in [6.45, 7) is 6.41. The zero-order chi connectivity index (χ0) is 46.5. The molecule has 0 amide bonds.